The maximum absolute atomic E-state index is 12.2. The van der Waals surface area contributed by atoms with Gasteiger partial charge in [0.2, 0.25) is 5.95 Å². The number of amides is 1. The van der Waals surface area contributed by atoms with Crippen molar-refractivity contribution in [2.24, 2.45) is 0 Å². The number of nitrogens with one attached hydrogen (secondary N) is 2. The highest BCUT2D eigenvalue weighted by molar-refractivity contribution is 5.98. The summed E-state index contributed by atoms with van der Waals surface area (Å²) in [5, 5.41) is 6.68. The molecule has 0 aliphatic heterocycles. The van der Waals surface area contributed by atoms with Crippen LogP contribution in [0.1, 0.15) is 35.8 Å². The fourth-order valence-electron chi connectivity index (χ4n) is 2.94. The van der Waals surface area contributed by atoms with Crippen molar-refractivity contribution < 1.29 is 4.79 Å². The van der Waals surface area contributed by atoms with Gasteiger partial charge in [0.05, 0.1) is 0 Å². The number of anilines is 2. The van der Waals surface area contributed by atoms with Crippen molar-refractivity contribution in [3.05, 3.63) is 42.4 Å². The highest BCUT2D eigenvalue weighted by Crippen LogP contribution is 2.36. The highest BCUT2D eigenvalue weighted by Gasteiger charge is 2.27. The van der Waals surface area contributed by atoms with Crippen LogP contribution in [0.3, 0.4) is 0 Å². The molecule has 3 aromatic rings. The first kappa shape index (κ1) is 14.6. The molecule has 0 aromatic carbocycles. The summed E-state index contributed by atoms with van der Waals surface area (Å²) in [6, 6.07) is 7.79. The van der Waals surface area contributed by atoms with E-state index in [1.165, 1.54) is 6.42 Å². The van der Waals surface area contributed by atoms with E-state index in [9.17, 15) is 4.79 Å². The predicted molar refractivity (Wildman–Crippen MR) is 91.3 cm³/mol. The molecule has 122 valence electrons. The van der Waals surface area contributed by atoms with Gasteiger partial charge in [-0.2, -0.15) is 4.98 Å². The first-order chi connectivity index (χ1) is 11.8. The number of pyridine rings is 1. The molecule has 0 unspecified atom stereocenters. The van der Waals surface area contributed by atoms with Gasteiger partial charge in [0.25, 0.3) is 5.91 Å². The molecular weight excluding hydrogens is 304 g/mol. The van der Waals surface area contributed by atoms with E-state index in [1.807, 2.05) is 28.8 Å². The molecule has 1 fully saturated rings. The maximum atomic E-state index is 12.2. The zero-order chi connectivity index (χ0) is 16.5. The SMILES string of the molecule is CNC(=O)c1cc2cnc(Nc3ccccn3)nc2n1C1CCC1. The van der Waals surface area contributed by atoms with Crippen LogP contribution in [-0.4, -0.2) is 32.5 Å². The van der Waals surface area contributed by atoms with Gasteiger partial charge < -0.3 is 15.2 Å². The molecule has 1 amide bonds. The van der Waals surface area contributed by atoms with Gasteiger partial charge in [-0.15, -0.1) is 0 Å². The predicted octanol–water partition coefficient (Wildman–Crippen LogP) is 2.65. The summed E-state index contributed by atoms with van der Waals surface area (Å²) in [6.45, 7) is 0. The molecule has 0 spiro atoms. The van der Waals surface area contributed by atoms with Gasteiger partial charge in [0.1, 0.15) is 17.2 Å². The van der Waals surface area contributed by atoms with E-state index in [4.69, 9.17) is 0 Å². The lowest BCUT2D eigenvalue weighted by Gasteiger charge is -2.29. The Hall–Kier alpha value is -2.96. The first-order valence-electron chi connectivity index (χ1n) is 8.04. The summed E-state index contributed by atoms with van der Waals surface area (Å²) in [6.07, 6.45) is 6.78. The smallest absolute Gasteiger partial charge is 0.267 e. The fourth-order valence-corrected chi connectivity index (χ4v) is 2.94. The van der Waals surface area contributed by atoms with Crippen LogP contribution in [0.4, 0.5) is 11.8 Å². The average molecular weight is 322 g/mol. The summed E-state index contributed by atoms with van der Waals surface area (Å²) in [7, 11) is 1.64. The Morgan fingerprint density at radius 1 is 1.29 bits per heavy atom. The molecule has 3 aromatic heterocycles. The largest absolute Gasteiger partial charge is 0.354 e. The van der Waals surface area contributed by atoms with Crippen LogP contribution >= 0.6 is 0 Å². The minimum absolute atomic E-state index is 0.0980. The Labute approximate surface area is 139 Å². The molecule has 0 saturated heterocycles. The van der Waals surface area contributed by atoms with Crippen LogP contribution in [-0.2, 0) is 0 Å². The molecule has 7 nitrogen and oxygen atoms in total. The highest BCUT2D eigenvalue weighted by atomic mass is 16.1. The van der Waals surface area contributed by atoms with Crippen LogP contribution < -0.4 is 10.6 Å². The van der Waals surface area contributed by atoms with E-state index in [0.29, 0.717) is 23.5 Å². The Morgan fingerprint density at radius 3 is 2.83 bits per heavy atom. The fraction of sp³-hybridized carbons (Fsp3) is 0.294. The van der Waals surface area contributed by atoms with Crippen molar-refractivity contribution in [3.63, 3.8) is 0 Å². The lowest BCUT2D eigenvalue weighted by molar-refractivity contribution is 0.0949. The normalized spacial score (nSPS) is 14.4. The number of hydrogen-bond acceptors (Lipinski definition) is 5. The van der Waals surface area contributed by atoms with Crippen LogP contribution in [0.5, 0.6) is 0 Å². The summed E-state index contributed by atoms with van der Waals surface area (Å²) < 4.78 is 2.04. The molecule has 2 N–H and O–H groups in total. The van der Waals surface area contributed by atoms with Crippen molar-refractivity contribution >= 4 is 28.7 Å². The molecule has 0 radical (unpaired) electrons. The topological polar surface area (TPSA) is 84.7 Å². The maximum Gasteiger partial charge on any atom is 0.267 e. The van der Waals surface area contributed by atoms with Crippen LogP contribution in [0.15, 0.2) is 36.7 Å². The van der Waals surface area contributed by atoms with Crippen molar-refractivity contribution in [1.82, 2.24) is 24.8 Å². The molecule has 0 bridgehead atoms. The molecule has 7 heteroatoms. The van der Waals surface area contributed by atoms with E-state index in [0.717, 1.165) is 23.9 Å². The lowest BCUT2D eigenvalue weighted by Crippen LogP contribution is -2.26. The zero-order valence-corrected chi connectivity index (χ0v) is 13.4. The standard InChI is InChI=1S/C17H18N6O/c1-18-16(24)13-9-11-10-20-17(21-14-7-2-3-8-19-14)22-15(11)23(13)12-5-4-6-12/h2-3,7-10,12H,4-6H2,1H3,(H,18,24)(H,19,20,21,22). The minimum atomic E-state index is -0.0980. The van der Waals surface area contributed by atoms with E-state index in [1.54, 1.807) is 19.4 Å². The monoisotopic (exact) mass is 322 g/mol. The summed E-state index contributed by atoms with van der Waals surface area (Å²) in [5.74, 6) is 1.06. The third-order valence-corrected chi connectivity index (χ3v) is 4.38. The number of fused-ring (bicyclic) bond motifs is 1. The van der Waals surface area contributed by atoms with E-state index < -0.39 is 0 Å². The molecule has 0 atom stereocenters. The van der Waals surface area contributed by atoms with Gasteiger partial charge in [0.15, 0.2) is 0 Å². The average Bonchev–Trinajstić information content (AvgIpc) is 2.92. The number of carbonyl (C=O) groups excluding carboxylic acids is 1. The summed E-state index contributed by atoms with van der Waals surface area (Å²) in [5.41, 5.74) is 1.42. The molecule has 1 aliphatic rings. The number of rotatable bonds is 4. The van der Waals surface area contributed by atoms with Crippen LogP contribution in [0.2, 0.25) is 0 Å². The molecule has 4 rings (SSSR count). The lowest BCUT2D eigenvalue weighted by atomic mass is 9.92. The van der Waals surface area contributed by atoms with Gasteiger partial charge in [-0.3, -0.25) is 4.79 Å². The summed E-state index contributed by atoms with van der Waals surface area (Å²) >= 11 is 0. The van der Waals surface area contributed by atoms with Gasteiger partial charge in [-0.05, 0) is 37.5 Å². The molecule has 1 aliphatic carbocycles. The zero-order valence-electron chi connectivity index (χ0n) is 13.4. The van der Waals surface area contributed by atoms with Crippen LogP contribution in [0, 0.1) is 0 Å². The van der Waals surface area contributed by atoms with Crippen molar-refractivity contribution in [2.75, 3.05) is 12.4 Å². The van der Waals surface area contributed by atoms with Crippen molar-refractivity contribution in [3.8, 4) is 0 Å². The number of nitrogens with zero attached hydrogens (tertiary/aromatic N) is 4. The second kappa shape index (κ2) is 5.92. The molecular formula is C17H18N6O. The third kappa shape index (κ3) is 2.47. The van der Waals surface area contributed by atoms with Gasteiger partial charge in [-0.25, -0.2) is 9.97 Å². The van der Waals surface area contributed by atoms with Crippen LogP contribution in [0.25, 0.3) is 11.0 Å². The van der Waals surface area contributed by atoms with Crippen molar-refractivity contribution in [1.29, 1.82) is 0 Å². The first-order valence-corrected chi connectivity index (χ1v) is 8.04. The Balaban J connectivity index is 1.78. The van der Waals surface area contributed by atoms with Gasteiger partial charge in [-0.1, -0.05) is 6.07 Å². The van der Waals surface area contributed by atoms with Gasteiger partial charge in [0, 0.05) is 30.9 Å². The van der Waals surface area contributed by atoms with E-state index in [2.05, 4.69) is 25.6 Å². The number of hydrogen-bond donors (Lipinski definition) is 2. The Morgan fingerprint density at radius 2 is 2.17 bits per heavy atom. The van der Waals surface area contributed by atoms with Gasteiger partial charge >= 0.3 is 0 Å². The quantitative estimate of drug-likeness (QED) is 0.771. The summed E-state index contributed by atoms with van der Waals surface area (Å²) in [4.78, 5) is 25.4. The Bertz CT molecular complexity index is 885. The van der Waals surface area contributed by atoms with Crippen molar-refractivity contribution in [2.45, 2.75) is 25.3 Å². The Kier molecular flexibility index (Phi) is 3.60. The van der Waals surface area contributed by atoms with E-state index in [-0.39, 0.29) is 5.91 Å². The number of carbonyl (C=O) groups is 1. The van der Waals surface area contributed by atoms with E-state index >= 15 is 0 Å². The minimum Gasteiger partial charge on any atom is -0.354 e. The number of aromatic nitrogens is 4. The molecule has 24 heavy (non-hydrogen) atoms. The second-order valence-corrected chi connectivity index (χ2v) is 5.88. The molecule has 3 heterocycles. The molecule has 1 saturated carbocycles. The second-order valence-electron chi connectivity index (χ2n) is 5.88. The third-order valence-electron chi connectivity index (χ3n) is 4.38.